The lowest BCUT2D eigenvalue weighted by Crippen LogP contribution is -2.31. The molecule has 0 fully saturated rings. The van der Waals surface area contributed by atoms with Crippen molar-refractivity contribution in [3.63, 3.8) is 0 Å². The number of nitrogens with one attached hydrogen (secondary N) is 1. The average Bonchev–Trinajstić information content (AvgIpc) is 3.02. The minimum Gasteiger partial charge on any atom is -0.383 e. The van der Waals surface area contributed by atoms with E-state index in [9.17, 15) is 0 Å². The first-order chi connectivity index (χ1) is 12.2. The summed E-state index contributed by atoms with van der Waals surface area (Å²) in [5, 5.41) is 1.02. The number of H-pyrrole nitrogens is 1. The molecule has 0 aliphatic heterocycles. The molecule has 0 unspecified atom stereocenters. The van der Waals surface area contributed by atoms with Crippen LogP contribution in [0.1, 0.15) is 5.69 Å². The molecule has 0 saturated carbocycles. The third-order valence-electron chi connectivity index (χ3n) is 4.06. The first kappa shape index (κ1) is 17.4. The van der Waals surface area contributed by atoms with E-state index in [-0.39, 0.29) is 0 Å². The predicted molar refractivity (Wildman–Crippen MR) is 100 cm³/mol. The number of aromatic nitrogens is 3. The first-order valence-electron chi connectivity index (χ1n) is 8.38. The van der Waals surface area contributed by atoms with Crippen molar-refractivity contribution in [1.82, 2.24) is 15.0 Å². The summed E-state index contributed by atoms with van der Waals surface area (Å²) in [7, 11) is 3.42. The van der Waals surface area contributed by atoms with Gasteiger partial charge in [-0.2, -0.15) is 0 Å². The molecule has 3 aromatic rings. The fraction of sp³-hybridized carbons (Fsp3) is 0.368. The zero-order valence-corrected chi connectivity index (χ0v) is 15.0. The molecule has 0 radical (unpaired) electrons. The lowest BCUT2D eigenvalue weighted by atomic mass is 10.2. The molecule has 3 rings (SSSR count). The van der Waals surface area contributed by atoms with Gasteiger partial charge in [0.15, 0.2) is 5.82 Å². The largest absolute Gasteiger partial charge is 0.383 e. The van der Waals surface area contributed by atoms with Crippen LogP contribution in [0, 0.1) is 6.92 Å². The van der Waals surface area contributed by atoms with E-state index in [2.05, 4.69) is 16.0 Å². The van der Waals surface area contributed by atoms with Gasteiger partial charge in [-0.1, -0.05) is 30.3 Å². The predicted octanol–water partition coefficient (Wildman–Crippen LogP) is 3.03. The molecule has 132 valence electrons. The van der Waals surface area contributed by atoms with Crippen LogP contribution in [0.3, 0.4) is 0 Å². The topological polar surface area (TPSA) is 63.3 Å². The Bertz CT molecular complexity index is 809. The first-order valence-corrected chi connectivity index (χ1v) is 8.38. The molecule has 0 aliphatic carbocycles. The van der Waals surface area contributed by atoms with Gasteiger partial charge < -0.3 is 19.4 Å². The summed E-state index contributed by atoms with van der Waals surface area (Å²) in [6, 6.07) is 12.1. The van der Waals surface area contributed by atoms with E-state index in [1.807, 2.05) is 37.3 Å². The highest BCUT2D eigenvalue weighted by molar-refractivity contribution is 5.90. The van der Waals surface area contributed by atoms with Gasteiger partial charge in [0, 0.05) is 38.6 Å². The van der Waals surface area contributed by atoms with Gasteiger partial charge in [-0.25, -0.2) is 9.97 Å². The normalized spacial score (nSPS) is 11.2. The second-order valence-corrected chi connectivity index (χ2v) is 5.92. The molecule has 25 heavy (non-hydrogen) atoms. The Kier molecular flexibility index (Phi) is 5.63. The fourth-order valence-electron chi connectivity index (χ4n) is 2.81. The number of aryl methyl sites for hydroxylation is 1. The zero-order valence-electron chi connectivity index (χ0n) is 15.0. The highest BCUT2D eigenvalue weighted by Gasteiger charge is 2.17. The number of hydrogen-bond acceptors (Lipinski definition) is 5. The second kappa shape index (κ2) is 8.09. The van der Waals surface area contributed by atoms with Crippen LogP contribution in [0.5, 0.6) is 0 Å². The number of fused-ring (bicyclic) bond motifs is 1. The summed E-state index contributed by atoms with van der Waals surface area (Å²) in [5.74, 6) is 1.62. The molecule has 2 aromatic heterocycles. The van der Waals surface area contributed by atoms with E-state index in [1.165, 1.54) is 0 Å². The molecule has 0 amide bonds. The maximum Gasteiger partial charge on any atom is 0.163 e. The van der Waals surface area contributed by atoms with Crippen molar-refractivity contribution in [2.24, 2.45) is 0 Å². The molecular formula is C19H24N4O2. The number of nitrogens with zero attached hydrogens (tertiary/aromatic N) is 3. The SMILES string of the molecule is COCCN(CCOC)c1nc(-c2ccccc2)nc2[nH]c(C)cc12. The molecule has 6 heteroatoms. The number of anilines is 1. The summed E-state index contributed by atoms with van der Waals surface area (Å²) in [6.45, 7) is 4.76. The van der Waals surface area contributed by atoms with E-state index in [4.69, 9.17) is 19.4 Å². The maximum absolute atomic E-state index is 5.27. The van der Waals surface area contributed by atoms with Gasteiger partial charge in [0.25, 0.3) is 0 Å². The van der Waals surface area contributed by atoms with Crippen molar-refractivity contribution in [3.05, 3.63) is 42.1 Å². The molecule has 0 saturated heterocycles. The lowest BCUT2D eigenvalue weighted by Gasteiger charge is -2.24. The average molecular weight is 340 g/mol. The van der Waals surface area contributed by atoms with Crippen molar-refractivity contribution in [2.45, 2.75) is 6.92 Å². The van der Waals surface area contributed by atoms with Crippen LogP contribution in [-0.4, -0.2) is 55.5 Å². The quantitative estimate of drug-likeness (QED) is 0.683. The Labute approximate surface area is 147 Å². The van der Waals surface area contributed by atoms with Crippen molar-refractivity contribution in [1.29, 1.82) is 0 Å². The molecule has 0 aliphatic rings. The Morgan fingerprint density at radius 2 is 1.68 bits per heavy atom. The van der Waals surface area contributed by atoms with E-state index in [1.54, 1.807) is 14.2 Å². The summed E-state index contributed by atoms with van der Waals surface area (Å²) in [6.07, 6.45) is 0. The lowest BCUT2D eigenvalue weighted by molar-refractivity contribution is 0.190. The van der Waals surface area contributed by atoms with Crippen LogP contribution in [0.25, 0.3) is 22.4 Å². The third-order valence-corrected chi connectivity index (χ3v) is 4.06. The van der Waals surface area contributed by atoms with Crippen LogP contribution in [-0.2, 0) is 9.47 Å². The Morgan fingerprint density at radius 3 is 2.32 bits per heavy atom. The number of rotatable bonds is 8. The molecule has 1 N–H and O–H groups in total. The standard InChI is InChI=1S/C19H24N4O2/c1-14-13-16-18(20-14)21-17(15-7-5-4-6-8-15)22-19(16)23(9-11-24-2)10-12-25-3/h4-8,13H,9-12H2,1-3H3,(H,20,21,22). The third kappa shape index (κ3) is 3.97. The Morgan fingerprint density at radius 1 is 1.00 bits per heavy atom. The fourth-order valence-corrected chi connectivity index (χ4v) is 2.81. The molecule has 0 atom stereocenters. The molecule has 1 aromatic carbocycles. The number of ether oxygens (including phenoxy) is 2. The number of benzene rings is 1. The molecule has 2 heterocycles. The van der Waals surface area contributed by atoms with Crippen LogP contribution >= 0.6 is 0 Å². The highest BCUT2D eigenvalue weighted by Crippen LogP contribution is 2.28. The number of aromatic amines is 1. The smallest absolute Gasteiger partial charge is 0.163 e. The van der Waals surface area contributed by atoms with Crippen molar-refractivity contribution in [2.75, 3.05) is 45.4 Å². The second-order valence-electron chi connectivity index (χ2n) is 5.92. The van der Waals surface area contributed by atoms with Gasteiger partial charge in [0.1, 0.15) is 11.5 Å². The summed E-state index contributed by atoms with van der Waals surface area (Å²) in [4.78, 5) is 15.1. The van der Waals surface area contributed by atoms with Gasteiger partial charge in [0.2, 0.25) is 0 Å². The minimum atomic E-state index is 0.624. The summed E-state index contributed by atoms with van der Waals surface area (Å²) in [5.41, 5.74) is 2.91. The van der Waals surface area contributed by atoms with E-state index in [0.29, 0.717) is 19.0 Å². The van der Waals surface area contributed by atoms with Crippen LogP contribution in [0.4, 0.5) is 5.82 Å². The number of hydrogen-bond donors (Lipinski definition) is 1. The summed E-state index contributed by atoms with van der Waals surface area (Å²) < 4.78 is 10.5. The van der Waals surface area contributed by atoms with Gasteiger partial charge in [0.05, 0.1) is 18.6 Å². The van der Waals surface area contributed by atoms with Crippen molar-refractivity contribution >= 4 is 16.9 Å². The van der Waals surface area contributed by atoms with Gasteiger partial charge >= 0.3 is 0 Å². The van der Waals surface area contributed by atoms with Crippen molar-refractivity contribution < 1.29 is 9.47 Å². The van der Waals surface area contributed by atoms with Gasteiger partial charge in [-0.15, -0.1) is 0 Å². The molecule has 0 bridgehead atoms. The van der Waals surface area contributed by atoms with Gasteiger partial charge in [-0.05, 0) is 13.0 Å². The van der Waals surface area contributed by atoms with E-state index < -0.39 is 0 Å². The van der Waals surface area contributed by atoms with Gasteiger partial charge in [-0.3, -0.25) is 0 Å². The highest BCUT2D eigenvalue weighted by atomic mass is 16.5. The summed E-state index contributed by atoms with van der Waals surface area (Å²) >= 11 is 0. The van der Waals surface area contributed by atoms with Crippen LogP contribution < -0.4 is 4.90 Å². The monoisotopic (exact) mass is 340 g/mol. The number of methoxy groups -OCH3 is 2. The van der Waals surface area contributed by atoms with E-state index in [0.717, 1.165) is 41.2 Å². The Hall–Kier alpha value is -2.44. The zero-order chi connectivity index (χ0) is 17.6. The van der Waals surface area contributed by atoms with Crippen molar-refractivity contribution in [3.8, 4) is 11.4 Å². The Balaban J connectivity index is 2.09. The minimum absolute atomic E-state index is 0.624. The molecule has 6 nitrogen and oxygen atoms in total. The molecular weight excluding hydrogens is 316 g/mol. The van der Waals surface area contributed by atoms with E-state index >= 15 is 0 Å². The maximum atomic E-state index is 5.27. The van der Waals surface area contributed by atoms with Crippen LogP contribution in [0.15, 0.2) is 36.4 Å². The van der Waals surface area contributed by atoms with Crippen LogP contribution in [0.2, 0.25) is 0 Å². The molecule has 0 spiro atoms.